The van der Waals surface area contributed by atoms with E-state index < -0.39 is 5.97 Å². The van der Waals surface area contributed by atoms with Gasteiger partial charge in [-0.05, 0) is 23.6 Å². The van der Waals surface area contributed by atoms with Crippen LogP contribution in [0.5, 0.6) is 0 Å². The molecule has 4 nitrogen and oxygen atoms in total. The van der Waals surface area contributed by atoms with Crippen molar-refractivity contribution in [2.75, 3.05) is 5.32 Å². The van der Waals surface area contributed by atoms with Crippen LogP contribution in [0.15, 0.2) is 59.6 Å². The Balaban J connectivity index is 1.97. The molecule has 5 heteroatoms. The lowest BCUT2D eigenvalue weighted by Gasteiger charge is -2.20. The van der Waals surface area contributed by atoms with Crippen molar-refractivity contribution >= 4 is 45.6 Å². The number of carbonyl (C=O) groups is 1. The molecule has 0 fully saturated rings. The number of halogens is 1. The molecule has 3 aromatic rings. The highest BCUT2D eigenvalue weighted by Gasteiger charge is 2.21. The van der Waals surface area contributed by atoms with Gasteiger partial charge in [0.05, 0.1) is 16.3 Å². The number of nitrogens with one attached hydrogen (secondary N) is 1. The van der Waals surface area contributed by atoms with Gasteiger partial charge in [0.2, 0.25) is 0 Å². The minimum atomic E-state index is -1.08. The fourth-order valence-electron chi connectivity index (χ4n) is 2.86. The first-order valence-corrected chi connectivity index (χ1v) is 7.42. The number of aromatic carboxylic acids is 1. The van der Waals surface area contributed by atoms with Crippen LogP contribution >= 0.6 is 11.6 Å². The van der Waals surface area contributed by atoms with Crippen molar-refractivity contribution in [1.82, 2.24) is 0 Å². The Labute approximate surface area is 137 Å². The first-order valence-electron chi connectivity index (χ1n) is 7.05. The van der Waals surface area contributed by atoms with Gasteiger partial charge in [-0.3, -0.25) is 0 Å². The Bertz CT molecular complexity index is 990. The summed E-state index contributed by atoms with van der Waals surface area (Å²) >= 11 is 6.06. The summed E-state index contributed by atoms with van der Waals surface area (Å²) in [7, 11) is 0. The molecule has 0 aliphatic carbocycles. The molecule has 1 aliphatic heterocycles. The molecule has 1 heterocycles. The van der Waals surface area contributed by atoms with Gasteiger partial charge in [0.1, 0.15) is 5.84 Å². The third-order valence-electron chi connectivity index (χ3n) is 3.85. The first kappa shape index (κ1) is 13.8. The first-order chi connectivity index (χ1) is 11.1. The lowest BCUT2D eigenvalue weighted by molar-refractivity contribution is 0.0697. The number of amidine groups is 1. The summed E-state index contributed by atoms with van der Waals surface area (Å²) in [4.78, 5) is 16.2. The van der Waals surface area contributed by atoms with Crippen LogP contribution in [0.1, 0.15) is 15.9 Å². The van der Waals surface area contributed by atoms with E-state index in [1.807, 2.05) is 36.4 Å². The van der Waals surface area contributed by atoms with Crippen LogP contribution in [0.3, 0.4) is 0 Å². The second kappa shape index (κ2) is 5.11. The monoisotopic (exact) mass is 322 g/mol. The normalized spacial score (nSPS) is 12.7. The van der Waals surface area contributed by atoms with Crippen molar-refractivity contribution in [2.45, 2.75) is 0 Å². The van der Waals surface area contributed by atoms with E-state index in [0.29, 0.717) is 11.4 Å². The Morgan fingerprint density at radius 2 is 1.78 bits per heavy atom. The van der Waals surface area contributed by atoms with Gasteiger partial charge in [0.25, 0.3) is 0 Å². The van der Waals surface area contributed by atoms with E-state index in [1.54, 1.807) is 18.2 Å². The minimum Gasteiger partial charge on any atom is -0.478 e. The van der Waals surface area contributed by atoms with Gasteiger partial charge in [0.15, 0.2) is 0 Å². The second-order valence-corrected chi connectivity index (χ2v) is 5.64. The molecule has 0 saturated heterocycles. The Morgan fingerprint density at radius 1 is 1.04 bits per heavy atom. The van der Waals surface area contributed by atoms with Crippen molar-refractivity contribution in [3.63, 3.8) is 0 Å². The highest BCUT2D eigenvalue weighted by atomic mass is 35.5. The molecular formula is C18H11ClN2O2. The lowest BCUT2D eigenvalue weighted by Crippen LogP contribution is -2.19. The molecule has 2 N–H and O–H groups in total. The highest BCUT2D eigenvalue weighted by Crippen LogP contribution is 2.37. The maximum Gasteiger partial charge on any atom is 0.337 e. The number of carboxylic acid groups (broad SMARTS) is 1. The van der Waals surface area contributed by atoms with E-state index in [9.17, 15) is 9.90 Å². The minimum absolute atomic E-state index is 0.0481. The number of hydrogen-bond donors (Lipinski definition) is 2. The van der Waals surface area contributed by atoms with Crippen LogP contribution in [0.2, 0.25) is 5.02 Å². The zero-order valence-corrected chi connectivity index (χ0v) is 12.6. The molecule has 112 valence electrons. The predicted molar refractivity (Wildman–Crippen MR) is 92.2 cm³/mol. The fraction of sp³-hybridized carbons (Fsp3) is 0. The number of benzene rings is 3. The van der Waals surface area contributed by atoms with E-state index in [2.05, 4.69) is 10.3 Å². The summed E-state index contributed by atoms with van der Waals surface area (Å²) < 4.78 is 0. The average Bonchev–Trinajstić information content (AvgIpc) is 2.54. The maximum atomic E-state index is 11.6. The Hall–Kier alpha value is -2.85. The zero-order valence-electron chi connectivity index (χ0n) is 11.9. The van der Waals surface area contributed by atoms with Crippen molar-refractivity contribution in [3.8, 4) is 0 Å². The van der Waals surface area contributed by atoms with Gasteiger partial charge in [-0.2, -0.15) is 0 Å². The number of hydrogen-bond acceptors (Lipinski definition) is 3. The quantitative estimate of drug-likeness (QED) is 0.719. The molecule has 0 spiro atoms. The molecule has 0 atom stereocenters. The van der Waals surface area contributed by atoms with E-state index >= 15 is 0 Å². The van der Waals surface area contributed by atoms with Gasteiger partial charge >= 0.3 is 5.97 Å². The van der Waals surface area contributed by atoms with Gasteiger partial charge in [0, 0.05) is 16.6 Å². The molecule has 1 aliphatic rings. The third kappa shape index (κ3) is 2.15. The lowest BCUT2D eigenvalue weighted by atomic mass is 10.0. The zero-order chi connectivity index (χ0) is 16.0. The summed E-state index contributed by atoms with van der Waals surface area (Å²) in [5.74, 6) is -0.594. The highest BCUT2D eigenvalue weighted by molar-refractivity contribution is 6.35. The topological polar surface area (TPSA) is 61.7 Å². The van der Waals surface area contributed by atoms with Crippen LogP contribution in [0.4, 0.5) is 11.4 Å². The van der Waals surface area contributed by atoms with Crippen LogP contribution in [-0.4, -0.2) is 16.9 Å². The van der Waals surface area contributed by atoms with Crippen molar-refractivity contribution in [3.05, 3.63) is 70.7 Å². The molecule has 0 saturated carbocycles. The van der Waals surface area contributed by atoms with Crippen molar-refractivity contribution in [1.29, 1.82) is 0 Å². The Morgan fingerprint density at radius 3 is 2.57 bits per heavy atom. The molecule has 23 heavy (non-hydrogen) atoms. The summed E-state index contributed by atoms with van der Waals surface area (Å²) in [5.41, 5.74) is 2.23. The molecule has 3 aromatic carbocycles. The number of nitrogens with zero attached hydrogens (tertiary/aromatic N) is 1. The van der Waals surface area contributed by atoms with E-state index in [1.165, 1.54) is 0 Å². The smallest absolute Gasteiger partial charge is 0.337 e. The number of anilines is 1. The predicted octanol–water partition coefficient (Wildman–Crippen LogP) is 4.70. The maximum absolute atomic E-state index is 11.6. The van der Waals surface area contributed by atoms with E-state index in [0.717, 1.165) is 22.1 Å². The summed E-state index contributed by atoms with van der Waals surface area (Å²) in [6, 6.07) is 16.8. The molecule has 0 bridgehead atoms. The van der Waals surface area contributed by atoms with E-state index in [4.69, 9.17) is 11.6 Å². The average molecular weight is 323 g/mol. The molecular weight excluding hydrogens is 312 g/mol. The largest absolute Gasteiger partial charge is 0.478 e. The third-order valence-corrected chi connectivity index (χ3v) is 4.17. The van der Waals surface area contributed by atoms with Gasteiger partial charge in [-0.25, -0.2) is 9.79 Å². The molecule has 0 unspecified atom stereocenters. The molecule has 4 rings (SSSR count). The summed E-state index contributed by atoms with van der Waals surface area (Å²) in [5, 5.41) is 15.0. The van der Waals surface area contributed by atoms with Crippen LogP contribution in [0.25, 0.3) is 10.8 Å². The van der Waals surface area contributed by atoms with Crippen LogP contribution in [0, 0.1) is 0 Å². The SMILES string of the molecule is O=C(O)c1c(Cl)cccc1C1=Nc2cccc3cccc(c23)N1. The Kier molecular flexibility index (Phi) is 3.06. The van der Waals surface area contributed by atoms with Gasteiger partial charge < -0.3 is 10.4 Å². The number of rotatable bonds is 2. The van der Waals surface area contributed by atoms with E-state index in [-0.39, 0.29) is 10.6 Å². The summed E-state index contributed by atoms with van der Waals surface area (Å²) in [6.45, 7) is 0. The van der Waals surface area contributed by atoms with Crippen LogP contribution < -0.4 is 5.32 Å². The summed E-state index contributed by atoms with van der Waals surface area (Å²) in [6.07, 6.45) is 0. The fourth-order valence-corrected chi connectivity index (χ4v) is 3.12. The second-order valence-electron chi connectivity index (χ2n) is 5.23. The van der Waals surface area contributed by atoms with Crippen molar-refractivity contribution in [2.24, 2.45) is 4.99 Å². The number of carboxylic acids is 1. The molecule has 0 radical (unpaired) electrons. The van der Waals surface area contributed by atoms with Gasteiger partial charge in [-0.15, -0.1) is 0 Å². The molecule has 0 aromatic heterocycles. The van der Waals surface area contributed by atoms with Crippen molar-refractivity contribution < 1.29 is 9.90 Å². The molecule has 0 amide bonds. The van der Waals surface area contributed by atoms with Gasteiger partial charge in [-0.1, -0.05) is 48.0 Å². The number of aliphatic imine (C=N–C) groups is 1. The van der Waals surface area contributed by atoms with Crippen LogP contribution in [-0.2, 0) is 0 Å². The standard InChI is InChI=1S/C18H11ClN2O2/c19-12-7-3-6-11(16(12)18(22)23)17-20-13-8-1-4-10-5-2-9-14(21-17)15(10)13/h1-9H,(H,20,21)(H,22,23).